The van der Waals surface area contributed by atoms with E-state index in [4.69, 9.17) is 5.11 Å². The Bertz CT molecular complexity index is 597. The quantitative estimate of drug-likeness (QED) is 0.909. The molecule has 3 rings (SSSR count). The van der Waals surface area contributed by atoms with Crippen molar-refractivity contribution < 1.29 is 9.90 Å². The molecule has 1 aliphatic rings. The van der Waals surface area contributed by atoms with Crippen LogP contribution < -0.4 is 0 Å². The fourth-order valence-electron chi connectivity index (χ4n) is 2.61. The second-order valence-electron chi connectivity index (χ2n) is 5.16. The Hall–Kier alpha value is -1.87. The summed E-state index contributed by atoms with van der Waals surface area (Å²) in [6, 6.07) is 14.2. The van der Waals surface area contributed by atoms with E-state index in [0.29, 0.717) is 19.5 Å². The van der Waals surface area contributed by atoms with Crippen LogP contribution in [-0.2, 0) is 11.2 Å². The van der Waals surface area contributed by atoms with Crippen LogP contribution in [0.3, 0.4) is 0 Å². The van der Waals surface area contributed by atoms with Gasteiger partial charge in [-0.05, 0) is 16.3 Å². The number of hydrogen-bond donors (Lipinski definition) is 1. The van der Waals surface area contributed by atoms with Crippen molar-refractivity contribution in [1.29, 1.82) is 0 Å². The molecule has 1 amide bonds. The lowest BCUT2D eigenvalue weighted by molar-refractivity contribution is -0.137. The van der Waals surface area contributed by atoms with Crippen molar-refractivity contribution in [3.05, 3.63) is 48.0 Å². The minimum Gasteiger partial charge on any atom is -0.396 e. The molecule has 0 unspecified atom stereocenters. The molecule has 1 fully saturated rings. The highest BCUT2D eigenvalue weighted by atomic mass is 16.3. The number of fused-ring (bicyclic) bond motifs is 1. The summed E-state index contributed by atoms with van der Waals surface area (Å²) in [5.74, 6) is 0.428. The first-order chi connectivity index (χ1) is 9.28. The highest BCUT2D eigenvalue weighted by molar-refractivity contribution is 5.90. The maximum atomic E-state index is 12.1. The predicted octanol–water partition coefficient (Wildman–Crippen LogP) is 1.83. The molecule has 19 heavy (non-hydrogen) atoms. The molecule has 2 aromatic carbocycles. The third kappa shape index (κ3) is 2.34. The summed E-state index contributed by atoms with van der Waals surface area (Å²) in [6.07, 6.45) is 0.444. The molecule has 0 aliphatic carbocycles. The third-order valence-electron chi connectivity index (χ3n) is 3.79. The van der Waals surface area contributed by atoms with Crippen molar-refractivity contribution in [2.45, 2.75) is 6.42 Å². The Labute approximate surface area is 112 Å². The minimum absolute atomic E-state index is 0.154. The summed E-state index contributed by atoms with van der Waals surface area (Å²) < 4.78 is 0. The molecule has 0 aromatic heterocycles. The van der Waals surface area contributed by atoms with Crippen molar-refractivity contribution >= 4 is 16.7 Å². The number of benzene rings is 2. The molecule has 98 valence electrons. The van der Waals surface area contributed by atoms with Crippen molar-refractivity contribution in [2.75, 3.05) is 19.7 Å². The predicted molar refractivity (Wildman–Crippen MR) is 74.8 cm³/mol. The van der Waals surface area contributed by atoms with Crippen LogP contribution in [0.2, 0.25) is 0 Å². The molecule has 0 saturated carbocycles. The highest BCUT2D eigenvalue weighted by Gasteiger charge is 2.29. The van der Waals surface area contributed by atoms with Gasteiger partial charge in [-0.1, -0.05) is 42.5 Å². The zero-order valence-corrected chi connectivity index (χ0v) is 10.7. The molecule has 0 atom stereocenters. The normalized spacial score (nSPS) is 15.5. The van der Waals surface area contributed by atoms with Crippen LogP contribution in [0, 0.1) is 5.92 Å². The molecular weight excluding hydrogens is 238 g/mol. The van der Waals surface area contributed by atoms with Gasteiger partial charge in [-0.25, -0.2) is 0 Å². The first-order valence-electron chi connectivity index (χ1n) is 6.63. The molecular formula is C16H17NO2. The lowest BCUT2D eigenvalue weighted by atomic mass is 9.98. The van der Waals surface area contributed by atoms with E-state index in [-0.39, 0.29) is 18.4 Å². The maximum absolute atomic E-state index is 12.1. The van der Waals surface area contributed by atoms with Crippen molar-refractivity contribution in [3.63, 3.8) is 0 Å². The van der Waals surface area contributed by atoms with E-state index in [9.17, 15) is 4.79 Å². The summed E-state index contributed by atoms with van der Waals surface area (Å²) in [6.45, 7) is 1.57. The second kappa shape index (κ2) is 5.02. The number of hydrogen-bond acceptors (Lipinski definition) is 2. The minimum atomic E-state index is 0.154. The lowest BCUT2D eigenvalue weighted by Crippen LogP contribution is -2.51. The van der Waals surface area contributed by atoms with Gasteiger partial charge in [0.25, 0.3) is 0 Å². The van der Waals surface area contributed by atoms with Gasteiger partial charge >= 0.3 is 0 Å². The van der Waals surface area contributed by atoms with E-state index < -0.39 is 0 Å². The summed E-state index contributed by atoms with van der Waals surface area (Å²) in [5.41, 5.74) is 1.08. The molecule has 1 heterocycles. The average Bonchev–Trinajstić information content (AvgIpc) is 2.38. The van der Waals surface area contributed by atoms with Crippen LogP contribution in [0.4, 0.5) is 0 Å². The van der Waals surface area contributed by atoms with Gasteiger partial charge in [0.15, 0.2) is 0 Å². The van der Waals surface area contributed by atoms with Gasteiger partial charge in [0, 0.05) is 25.6 Å². The molecule has 0 bridgehead atoms. The monoisotopic (exact) mass is 255 g/mol. The second-order valence-corrected chi connectivity index (χ2v) is 5.16. The van der Waals surface area contributed by atoms with E-state index in [0.717, 1.165) is 10.9 Å². The summed E-state index contributed by atoms with van der Waals surface area (Å²) >= 11 is 0. The van der Waals surface area contributed by atoms with Gasteiger partial charge in [-0.2, -0.15) is 0 Å². The van der Waals surface area contributed by atoms with Crippen molar-refractivity contribution in [2.24, 2.45) is 5.92 Å². The number of aliphatic hydroxyl groups excluding tert-OH is 1. The molecule has 1 N–H and O–H groups in total. The van der Waals surface area contributed by atoms with Crippen LogP contribution in [-0.4, -0.2) is 35.6 Å². The molecule has 2 aromatic rings. The van der Waals surface area contributed by atoms with E-state index in [2.05, 4.69) is 18.2 Å². The topological polar surface area (TPSA) is 40.5 Å². The lowest BCUT2D eigenvalue weighted by Gasteiger charge is -2.38. The maximum Gasteiger partial charge on any atom is 0.227 e. The van der Waals surface area contributed by atoms with E-state index >= 15 is 0 Å². The van der Waals surface area contributed by atoms with Crippen LogP contribution >= 0.6 is 0 Å². The summed E-state index contributed by atoms with van der Waals surface area (Å²) in [5, 5.41) is 11.3. The third-order valence-corrected chi connectivity index (χ3v) is 3.79. The fourth-order valence-corrected chi connectivity index (χ4v) is 2.61. The zero-order valence-electron chi connectivity index (χ0n) is 10.7. The number of amides is 1. The highest BCUT2D eigenvalue weighted by Crippen LogP contribution is 2.21. The van der Waals surface area contributed by atoms with Crippen LogP contribution in [0.5, 0.6) is 0 Å². The van der Waals surface area contributed by atoms with E-state index in [1.165, 1.54) is 5.39 Å². The van der Waals surface area contributed by atoms with Crippen LogP contribution in [0.15, 0.2) is 42.5 Å². The Balaban J connectivity index is 1.77. The number of aliphatic hydroxyl groups is 1. The van der Waals surface area contributed by atoms with E-state index in [1.54, 1.807) is 0 Å². The first kappa shape index (κ1) is 12.2. The Morgan fingerprint density at radius 3 is 2.68 bits per heavy atom. The standard InChI is InChI=1S/C16H17NO2/c18-11-12-9-17(10-12)16(19)8-14-6-3-5-13-4-1-2-7-15(13)14/h1-7,12,18H,8-11H2. The van der Waals surface area contributed by atoms with Gasteiger partial charge < -0.3 is 10.0 Å². The number of rotatable bonds is 3. The molecule has 0 radical (unpaired) electrons. The first-order valence-corrected chi connectivity index (χ1v) is 6.63. The molecule has 1 saturated heterocycles. The Kier molecular flexibility index (Phi) is 3.22. The molecule has 3 heteroatoms. The van der Waals surface area contributed by atoms with Gasteiger partial charge in [0.05, 0.1) is 6.42 Å². The van der Waals surface area contributed by atoms with Crippen LogP contribution in [0.25, 0.3) is 10.8 Å². The Morgan fingerprint density at radius 2 is 1.89 bits per heavy atom. The average molecular weight is 255 g/mol. The summed E-state index contributed by atoms with van der Waals surface area (Å²) in [7, 11) is 0. The summed E-state index contributed by atoms with van der Waals surface area (Å²) in [4.78, 5) is 14.0. The molecule has 0 spiro atoms. The zero-order chi connectivity index (χ0) is 13.2. The fraction of sp³-hybridized carbons (Fsp3) is 0.312. The van der Waals surface area contributed by atoms with Gasteiger partial charge in [0.1, 0.15) is 0 Å². The van der Waals surface area contributed by atoms with Gasteiger partial charge in [-0.15, -0.1) is 0 Å². The number of carbonyl (C=O) groups excluding carboxylic acids is 1. The smallest absolute Gasteiger partial charge is 0.227 e. The molecule has 1 aliphatic heterocycles. The van der Waals surface area contributed by atoms with Crippen molar-refractivity contribution in [3.8, 4) is 0 Å². The van der Waals surface area contributed by atoms with Gasteiger partial charge in [-0.3, -0.25) is 4.79 Å². The molecule has 3 nitrogen and oxygen atoms in total. The number of likely N-dealkylation sites (tertiary alicyclic amines) is 1. The van der Waals surface area contributed by atoms with Crippen molar-refractivity contribution in [1.82, 2.24) is 4.90 Å². The van der Waals surface area contributed by atoms with Gasteiger partial charge in [0.2, 0.25) is 5.91 Å². The van der Waals surface area contributed by atoms with E-state index in [1.807, 2.05) is 29.2 Å². The van der Waals surface area contributed by atoms with Crippen LogP contribution in [0.1, 0.15) is 5.56 Å². The number of nitrogens with zero attached hydrogens (tertiary/aromatic N) is 1. The largest absolute Gasteiger partial charge is 0.396 e. The Morgan fingerprint density at radius 1 is 1.16 bits per heavy atom. The number of carbonyl (C=O) groups is 1. The SMILES string of the molecule is O=C(Cc1cccc2ccccc12)N1CC(CO)C1.